The third-order valence-corrected chi connectivity index (χ3v) is 5.63. The Kier molecular flexibility index (Phi) is 6.86. The van der Waals surface area contributed by atoms with Gasteiger partial charge in [0.15, 0.2) is 0 Å². The van der Waals surface area contributed by atoms with Gasteiger partial charge in [0.2, 0.25) is 0 Å². The molecule has 2 aliphatic heterocycles. The predicted octanol–water partition coefficient (Wildman–Crippen LogP) is 3.97. The highest BCUT2D eigenvalue weighted by Crippen LogP contribution is 2.45. The molecule has 0 spiro atoms. The third-order valence-electron chi connectivity index (χ3n) is 5.63. The van der Waals surface area contributed by atoms with Crippen LogP contribution in [0.4, 0.5) is 0 Å². The molecule has 5 heteroatoms. The van der Waals surface area contributed by atoms with Gasteiger partial charge < -0.3 is 0 Å². The Hall–Kier alpha value is -1.13. The summed E-state index contributed by atoms with van der Waals surface area (Å²) in [4.78, 5) is 9.32. The first kappa shape index (κ1) is 20.2. The van der Waals surface area contributed by atoms with Crippen molar-refractivity contribution in [2.45, 2.75) is 19.5 Å². The van der Waals surface area contributed by atoms with Crippen LogP contribution in [-0.2, 0) is 6.54 Å². The minimum absolute atomic E-state index is 0. The summed E-state index contributed by atoms with van der Waals surface area (Å²) in [5.74, 6) is 1.55. The summed E-state index contributed by atoms with van der Waals surface area (Å²) in [6.07, 6.45) is 3.80. The van der Waals surface area contributed by atoms with Gasteiger partial charge in [-0.3, -0.25) is 14.8 Å². The van der Waals surface area contributed by atoms with Crippen molar-refractivity contribution in [1.82, 2.24) is 14.8 Å². The topological polar surface area (TPSA) is 19.4 Å². The zero-order valence-corrected chi connectivity index (χ0v) is 16.5. The number of hydrogen-bond acceptors (Lipinski definition) is 3. The molecule has 3 heterocycles. The van der Waals surface area contributed by atoms with Gasteiger partial charge in [-0.1, -0.05) is 24.3 Å². The molecule has 1 aromatic heterocycles. The Bertz CT molecular complexity index is 680. The molecule has 25 heavy (non-hydrogen) atoms. The lowest BCUT2D eigenvalue weighted by molar-refractivity contribution is 0.224. The van der Waals surface area contributed by atoms with E-state index in [0.29, 0.717) is 6.04 Å². The van der Waals surface area contributed by atoms with Crippen molar-refractivity contribution in [2.24, 2.45) is 11.8 Å². The molecule has 0 bridgehead atoms. The maximum atomic E-state index is 4.12. The second kappa shape index (κ2) is 8.50. The van der Waals surface area contributed by atoms with E-state index in [1.165, 1.54) is 36.3 Å². The van der Waals surface area contributed by atoms with Crippen LogP contribution in [0.3, 0.4) is 0 Å². The molecule has 3 atom stereocenters. The third kappa shape index (κ3) is 4.01. The minimum atomic E-state index is 0. The van der Waals surface area contributed by atoms with Gasteiger partial charge in [-0.25, -0.2) is 0 Å². The first-order chi connectivity index (χ1) is 11.2. The fourth-order valence-corrected chi connectivity index (χ4v) is 4.61. The molecule has 3 nitrogen and oxygen atoms in total. The normalized spacial score (nSPS) is 25.9. The zero-order valence-electron chi connectivity index (χ0n) is 14.8. The van der Waals surface area contributed by atoms with Gasteiger partial charge in [-0.15, -0.1) is 24.8 Å². The second-order valence-electron chi connectivity index (χ2n) is 7.21. The zero-order chi connectivity index (χ0) is 15.8. The highest BCUT2D eigenvalue weighted by Gasteiger charge is 2.46. The van der Waals surface area contributed by atoms with Crippen LogP contribution >= 0.6 is 24.8 Å². The monoisotopic (exact) mass is 379 g/mol. The van der Waals surface area contributed by atoms with Crippen molar-refractivity contribution in [3.05, 3.63) is 65.5 Å². The van der Waals surface area contributed by atoms with Crippen LogP contribution in [0.5, 0.6) is 0 Å². The number of aromatic nitrogens is 1. The van der Waals surface area contributed by atoms with Gasteiger partial charge in [0, 0.05) is 44.6 Å². The number of rotatable bonds is 3. The first-order valence-corrected chi connectivity index (χ1v) is 8.59. The molecular formula is C20H27Cl2N3. The van der Waals surface area contributed by atoms with Crippen molar-refractivity contribution in [3.63, 3.8) is 0 Å². The van der Waals surface area contributed by atoms with Crippen LogP contribution in [0.1, 0.15) is 22.7 Å². The molecule has 1 aromatic carbocycles. The lowest BCUT2D eigenvalue weighted by atomic mass is 9.88. The lowest BCUT2D eigenvalue weighted by Crippen LogP contribution is -2.29. The Morgan fingerprint density at radius 1 is 1.00 bits per heavy atom. The number of likely N-dealkylation sites (tertiary alicyclic amines) is 2. The number of pyridine rings is 1. The van der Waals surface area contributed by atoms with Crippen LogP contribution < -0.4 is 0 Å². The Labute approximate surface area is 163 Å². The number of nitrogens with zero attached hydrogens (tertiary/aromatic N) is 3. The van der Waals surface area contributed by atoms with Crippen LogP contribution in [-0.4, -0.2) is 41.5 Å². The van der Waals surface area contributed by atoms with E-state index >= 15 is 0 Å². The van der Waals surface area contributed by atoms with Gasteiger partial charge in [-0.05, 0) is 54.6 Å². The number of benzene rings is 1. The van der Waals surface area contributed by atoms with E-state index in [-0.39, 0.29) is 24.8 Å². The largest absolute Gasteiger partial charge is 0.299 e. The molecule has 0 unspecified atom stereocenters. The summed E-state index contributed by atoms with van der Waals surface area (Å²) in [6.45, 7) is 6.95. The fourth-order valence-electron chi connectivity index (χ4n) is 4.61. The van der Waals surface area contributed by atoms with E-state index in [4.69, 9.17) is 0 Å². The number of halogens is 2. The van der Waals surface area contributed by atoms with Gasteiger partial charge in [0.25, 0.3) is 0 Å². The smallest absolute Gasteiger partial charge is 0.0391 e. The quantitative estimate of drug-likeness (QED) is 0.803. The number of hydrogen-bond donors (Lipinski definition) is 0. The van der Waals surface area contributed by atoms with Crippen LogP contribution in [0, 0.1) is 18.8 Å². The summed E-state index contributed by atoms with van der Waals surface area (Å²) in [7, 11) is 2.29. The highest BCUT2D eigenvalue weighted by molar-refractivity contribution is 5.85. The standard InChI is InChI=1S/C20H25N3.2ClH/c1-15-5-3-4-6-18(15)20-19-14-23(13-17(19)12-22(20)2)11-16-7-9-21-10-8-16;;/h3-10,17,19-20H,11-14H2,1-2H3;2*1H/t17-,19+,20+;;/m0../s1. The van der Waals surface area contributed by atoms with Crippen LogP contribution in [0.25, 0.3) is 0 Å². The van der Waals surface area contributed by atoms with Gasteiger partial charge >= 0.3 is 0 Å². The van der Waals surface area contributed by atoms with Gasteiger partial charge in [0.05, 0.1) is 0 Å². The van der Waals surface area contributed by atoms with Crippen molar-refractivity contribution in [3.8, 4) is 0 Å². The summed E-state index contributed by atoms with van der Waals surface area (Å²) in [5, 5.41) is 0. The average molecular weight is 380 g/mol. The Morgan fingerprint density at radius 2 is 1.72 bits per heavy atom. The van der Waals surface area contributed by atoms with Crippen molar-refractivity contribution in [2.75, 3.05) is 26.7 Å². The minimum Gasteiger partial charge on any atom is -0.299 e. The molecule has 0 amide bonds. The van der Waals surface area contributed by atoms with Crippen LogP contribution in [0.2, 0.25) is 0 Å². The van der Waals surface area contributed by atoms with E-state index in [2.05, 4.69) is 65.2 Å². The molecule has 0 saturated carbocycles. The predicted molar refractivity (Wildman–Crippen MR) is 108 cm³/mol. The molecule has 136 valence electrons. The molecule has 2 saturated heterocycles. The highest BCUT2D eigenvalue weighted by atomic mass is 35.5. The van der Waals surface area contributed by atoms with Crippen molar-refractivity contribution < 1.29 is 0 Å². The van der Waals surface area contributed by atoms with Gasteiger partial charge in [0.1, 0.15) is 0 Å². The fraction of sp³-hybridized carbons (Fsp3) is 0.450. The van der Waals surface area contributed by atoms with E-state index in [9.17, 15) is 0 Å². The molecule has 2 fully saturated rings. The maximum absolute atomic E-state index is 4.12. The molecule has 2 aromatic rings. The lowest BCUT2D eigenvalue weighted by Gasteiger charge is -2.28. The molecule has 0 radical (unpaired) electrons. The molecule has 0 aliphatic carbocycles. The molecule has 0 N–H and O–H groups in total. The average Bonchev–Trinajstić information content (AvgIpc) is 3.05. The summed E-state index contributed by atoms with van der Waals surface area (Å²) in [6, 6.07) is 13.8. The van der Waals surface area contributed by atoms with E-state index in [0.717, 1.165) is 18.4 Å². The molecule has 4 rings (SSSR count). The van der Waals surface area contributed by atoms with Crippen molar-refractivity contribution >= 4 is 24.8 Å². The first-order valence-electron chi connectivity index (χ1n) is 8.59. The Balaban J connectivity index is 0.00000113. The van der Waals surface area contributed by atoms with E-state index in [1.54, 1.807) is 0 Å². The number of fused-ring (bicyclic) bond motifs is 1. The molecule has 2 aliphatic rings. The SMILES string of the molecule is Cc1ccccc1[C@@H]1[C@@H]2CN(Cc3ccncc3)C[C@@H]2CN1C.Cl.Cl. The van der Waals surface area contributed by atoms with E-state index < -0.39 is 0 Å². The second-order valence-corrected chi connectivity index (χ2v) is 7.21. The number of aryl methyl sites for hydroxylation is 1. The summed E-state index contributed by atoms with van der Waals surface area (Å²) in [5.41, 5.74) is 4.33. The van der Waals surface area contributed by atoms with E-state index in [1.807, 2.05) is 12.4 Å². The Morgan fingerprint density at radius 3 is 2.44 bits per heavy atom. The van der Waals surface area contributed by atoms with Crippen molar-refractivity contribution in [1.29, 1.82) is 0 Å². The summed E-state index contributed by atoms with van der Waals surface area (Å²) < 4.78 is 0. The van der Waals surface area contributed by atoms with Crippen LogP contribution in [0.15, 0.2) is 48.8 Å². The molecular weight excluding hydrogens is 353 g/mol. The maximum Gasteiger partial charge on any atom is 0.0391 e. The summed E-state index contributed by atoms with van der Waals surface area (Å²) >= 11 is 0. The van der Waals surface area contributed by atoms with Gasteiger partial charge in [-0.2, -0.15) is 0 Å².